The molecule has 0 saturated carbocycles. The summed E-state index contributed by atoms with van der Waals surface area (Å²) in [4.78, 5) is 0. The molecule has 1 nitrogen and oxygen atoms in total. The molecule has 0 radical (unpaired) electrons. The van der Waals surface area contributed by atoms with Crippen molar-refractivity contribution in [2.75, 3.05) is 13.2 Å². The second kappa shape index (κ2) is 4.34. The van der Waals surface area contributed by atoms with Crippen molar-refractivity contribution < 1.29 is 17.9 Å². The Morgan fingerprint density at radius 1 is 1.36 bits per heavy atom. The number of ether oxygens (including phenoxy) is 1. The monoisotopic (exact) mass is 208 g/mol. The third kappa shape index (κ3) is 2.74. The lowest BCUT2D eigenvalue weighted by Gasteiger charge is -2.32. The van der Waals surface area contributed by atoms with Gasteiger partial charge in [0.15, 0.2) is 0 Å². The van der Waals surface area contributed by atoms with E-state index in [4.69, 9.17) is 4.74 Å². The van der Waals surface area contributed by atoms with Crippen LogP contribution in [0, 0.1) is 11.8 Å². The van der Waals surface area contributed by atoms with E-state index in [1.54, 1.807) is 0 Å². The molecule has 4 heteroatoms. The molecule has 0 amide bonds. The molecule has 1 saturated heterocycles. The van der Waals surface area contributed by atoms with Crippen molar-refractivity contribution in [1.29, 1.82) is 0 Å². The lowest BCUT2D eigenvalue weighted by atomic mass is 9.81. The lowest BCUT2D eigenvalue weighted by molar-refractivity contribution is -0.183. The van der Waals surface area contributed by atoms with E-state index in [0.29, 0.717) is 26.1 Å². The van der Waals surface area contributed by atoms with E-state index in [-0.39, 0.29) is 11.5 Å². The highest BCUT2D eigenvalue weighted by molar-refractivity contribution is 5.02. The van der Waals surface area contributed by atoms with Gasteiger partial charge in [-0.2, -0.15) is 13.2 Å². The second-order valence-corrected chi connectivity index (χ2v) is 3.82. The molecule has 0 spiro atoms. The first-order valence-corrected chi connectivity index (χ1v) is 4.73. The number of rotatable bonds is 2. The zero-order chi connectivity index (χ0) is 10.8. The molecule has 1 rings (SSSR count). The summed E-state index contributed by atoms with van der Waals surface area (Å²) >= 11 is 0. The average molecular weight is 208 g/mol. The Balaban J connectivity index is 2.71. The van der Waals surface area contributed by atoms with Crippen molar-refractivity contribution in [2.45, 2.75) is 25.9 Å². The third-order valence-corrected chi connectivity index (χ3v) is 2.62. The molecular weight excluding hydrogens is 193 g/mol. The van der Waals surface area contributed by atoms with Gasteiger partial charge in [-0.3, -0.25) is 0 Å². The number of hydrogen-bond acceptors (Lipinski definition) is 1. The maximum Gasteiger partial charge on any atom is 0.395 e. The largest absolute Gasteiger partial charge is 0.395 e. The van der Waals surface area contributed by atoms with Gasteiger partial charge in [0.1, 0.15) is 0 Å². The van der Waals surface area contributed by atoms with Crippen LogP contribution in [-0.2, 0) is 4.74 Å². The van der Waals surface area contributed by atoms with E-state index in [1.807, 2.05) is 0 Å². The molecule has 1 unspecified atom stereocenters. The van der Waals surface area contributed by atoms with Gasteiger partial charge in [-0.05, 0) is 25.7 Å². The second-order valence-electron chi connectivity index (χ2n) is 3.82. The van der Waals surface area contributed by atoms with Gasteiger partial charge in [0, 0.05) is 13.2 Å². The van der Waals surface area contributed by atoms with E-state index >= 15 is 0 Å². The quantitative estimate of drug-likeness (QED) is 0.633. The van der Waals surface area contributed by atoms with E-state index in [2.05, 4.69) is 6.58 Å². The van der Waals surface area contributed by atoms with Crippen LogP contribution < -0.4 is 0 Å². The Bertz CT molecular complexity index is 204. The fourth-order valence-electron chi connectivity index (χ4n) is 2.00. The van der Waals surface area contributed by atoms with Crippen LogP contribution in [0.2, 0.25) is 0 Å². The number of hydrogen-bond donors (Lipinski definition) is 0. The van der Waals surface area contributed by atoms with Crippen molar-refractivity contribution >= 4 is 0 Å². The van der Waals surface area contributed by atoms with Crippen LogP contribution in [0.15, 0.2) is 12.2 Å². The standard InChI is InChI=1S/C10H15F3O/c1-7(2)9(10(11,12)13)8-3-5-14-6-4-8/h8-9H,1,3-6H2,2H3. The Kier molecular flexibility index (Phi) is 3.59. The van der Waals surface area contributed by atoms with Crippen molar-refractivity contribution in [3.05, 3.63) is 12.2 Å². The molecular formula is C10H15F3O. The Morgan fingerprint density at radius 2 is 1.86 bits per heavy atom. The molecule has 0 aromatic carbocycles. The highest BCUT2D eigenvalue weighted by atomic mass is 19.4. The molecule has 1 atom stereocenters. The van der Waals surface area contributed by atoms with E-state index in [9.17, 15) is 13.2 Å². The predicted molar refractivity (Wildman–Crippen MR) is 47.9 cm³/mol. The number of allylic oxidation sites excluding steroid dienone is 1. The summed E-state index contributed by atoms with van der Waals surface area (Å²) in [7, 11) is 0. The molecule has 1 aliphatic heterocycles. The van der Waals surface area contributed by atoms with Gasteiger partial charge in [0.05, 0.1) is 5.92 Å². The molecule has 1 heterocycles. The summed E-state index contributed by atoms with van der Waals surface area (Å²) in [6.45, 7) is 5.76. The van der Waals surface area contributed by atoms with Crippen molar-refractivity contribution in [3.63, 3.8) is 0 Å². The third-order valence-electron chi connectivity index (χ3n) is 2.62. The summed E-state index contributed by atoms with van der Waals surface area (Å²) in [5.74, 6) is -1.70. The predicted octanol–water partition coefficient (Wildman–Crippen LogP) is 3.17. The minimum atomic E-state index is -4.16. The Morgan fingerprint density at radius 3 is 2.21 bits per heavy atom. The summed E-state index contributed by atoms with van der Waals surface area (Å²) < 4.78 is 43.0. The van der Waals surface area contributed by atoms with Gasteiger partial charge in [0.2, 0.25) is 0 Å². The highest BCUT2D eigenvalue weighted by Crippen LogP contribution is 2.40. The van der Waals surface area contributed by atoms with Gasteiger partial charge in [-0.1, -0.05) is 12.2 Å². The van der Waals surface area contributed by atoms with Crippen LogP contribution in [0.4, 0.5) is 13.2 Å². The molecule has 0 aromatic rings. The maximum absolute atomic E-state index is 12.7. The van der Waals surface area contributed by atoms with Crippen molar-refractivity contribution in [1.82, 2.24) is 0 Å². The minimum Gasteiger partial charge on any atom is -0.381 e. The normalized spacial score (nSPS) is 22.0. The molecule has 0 bridgehead atoms. The smallest absolute Gasteiger partial charge is 0.381 e. The number of alkyl halides is 3. The zero-order valence-electron chi connectivity index (χ0n) is 8.23. The van der Waals surface area contributed by atoms with Crippen LogP contribution in [-0.4, -0.2) is 19.4 Å². The Hall–Kier alpha value is -0.510. The van der Waals surface area contributed by atoms with E-state index < -0.39 is 12.1 Å². The first kappa shape index (κ1) is 11.6. The summed E-state index contributed by atoms with van der Waals surface area (Å²) in [5.41, 5.74) is 0.212. The summed E-state index contributed by atoms with van der Waals surface area (Å²) in [5, 5.41) is 0. The minimum absolute atomic E-state index is 0.212. The first-order valence-electron chi connectivity index (χ1n) is 4.73. The van der Waals surface area contributed by atoms with Crippen molar-refractivity contribution in [2.24, 2.45) is 11.8 Å². The summed E-state index contributed by atoms with van der Waals surface area (Å²) in [6.07, 6.45) is -3.19. The van der Waals surface area contributed by atoms with Gasteiger partial charge in [-0.25, -0.2) is 0 Å². The molecule has 0 aliphatic carbocycles. The maximum atomic E-state index is 12.7. The van der Waals surface area contributed by atoms with Crippen LogP contribution in [0.5, 0.6) is 0 Å². The van der Waals surface area contributed by atoms with E-state index in [0.717, 1.165) is 0 Å². The summed E-state index contributed by atoms with van der Waals surface area (Å²) in [6, 6.07) is 0. The van der Waals surface area contributed by atoms with Gasteiger partial charge in [0.25, 0.3) is 0 Å². The van der Waals surface area contributed by atoms with Gasteiger partial charge in [-0.15, -0.1) is 0 Å². The van der Waals surface area contributed by atoms with Gasteiger partial charge < -0.3 is 4.74 Å². The Labute approximate surface area is 81.9 Å². The van der Waals surface area contributed by atoms with Crippen LogP contribution >= 0.6 is 0 Å². The topological polar surface area (TPSA) is 9.23 Å². The highest BCUT2D eigenvalue weighted by Gasteiger charge is 2.45. The molecule has 1 aliphatic rings. The number of halogens is 3. The van der Waals surface area contributed by atoms with Crippen LogP contribution in [0.3, 0.4) is 0 Å². The molecule has 82 valence electrons. The van der Waals surface area contributed by atoms with E-state index in [1.165, 1.54) is 6.92 Å². The average Bonchev–Trinajstić information content (AvgIpc) is 2.02. The fraction of sp³-hybridized carbons (Fsp3) is 0.800. The molecule has 14 heavy (non-hydrogen) atoms. The zero-order valence-corrected chi connectivity index (χ0v) is 8.23. The molecule has 0 aromatic heterocycles. The molecule has 0 N–H and O–H groups in total. The van der Waals surface area contributed by atoms with Crippen LogP contribution in [0.25, 0.3) is 0 Å². The lowest BCUT2D eigenvalue weighted by Crippen LogP contribution is -2.34. The van der Waals surface area contributed by atoms with Crippen LogP contribution in [0.1, 0.15) is 19.8 Å². The SMILES string of the molecule is C=C(C)C(C1CCOCC1)C(F)(F)F. The fourth-order valence-corrected chi connectivity index (χ4v) is 2.00. The first-order chi connectivity index (χ1) is 6.43. The van der Waals surface area contributed by atoms with Crippen molar-refractivity contribution in [3.8, 4) is 0 Å². The van der Waals surface area contributed by atoms with Gasteiger partial charge >= 0.3 is 6.18 Å². The molecule has 1 fully saturated rings.